The molecule has 200 valence electrons. The predicted octanol–water partition coefficient (Wildman–Crippen LogP) is 7.17. The van der Waals surface area contributed by atoms with Gasteiger partial charge in [0.05, 0.1) is 25.5 Å². The molecule has 1 aliphatic heterocycles. The first kappa shape index (κ1) is 30.8. The van der Waals surface area contributed by atoms with Gasteiger partial charge in [0, 0.05) is 35.2 Å². The second-order valence-corrected chi connectivity index (χ2v) is 9.49. The van der Waals surface area contributed by atoms with Crippen LogP contribution in [-0.4, -0.2) is 41.7 Å². The van der Waals surface area contributed by atoms with Gasteiger partial charge >= 0.3 is 0 Å². The second-order valence-electron chi connectivity index (χ2n) is 7.93. The van der Waals surface area contributed by atoms with Gasteiger partial charge in [0.2, 0.25) is 0 Å². The fourth-order valence-corrected chi connectivity index (χ4v) is 4.10. The largest absolute Gasteiger partial charge is 0.493 e. The number of benzene rings is 2. The lowest BCUT2D eigenvalue weighted by Gasteiger charge is -2.17. The monoisotopic (exact) mass is 549 g/mol. The number of fused-ring (bicyclic) bond motifs is 1. The van der Waals surface area contributed by atoms with Crippen molar-refractivity contribution < 1.29 is 18.3 Å². The van der Waals surface area contributed by atoms with Crippen LogP contribution in [0.25, 0.3) is 0 Å². The van der Waals surface area contributed by atoms with Crippen molar-refractivity contribution in [1.82, 2.24) is 9.97 Å². The first-order valence-corrected chi connectivity index (χ1v) is 14.5. The van der Waals surface area contributed by atoms with E-state index in [1.54, 1.807) is 6.92 Å². The van der Waals surface area contributed by atoms with Crippen LogP contribution in [0, 0.1) is 24.0 Å². The molecule has 1 aromatic heterocycles. The zero-order chi connectivity index (χ0) is 27.4. The van der Waals surface area contributed by atoms with E-state index < -0.39 is 11.6 Å². The van der Waals surface area contributed by atoms with Crippen LogP contribution < -0.4 is 4.74 Å². The van der Waals surface area contributed by atoms with Crippen molar-refractivity contribution in [2.45, 2.75) is 47.1 Å². The molecule has 0 fully saturated rings. The third kappa shape index (κ3) is 8.53. The molecule has 1 N–H and O–H groups in total. The highest BCUT2D eigenvalue weighted by atomic mass is 35.5. The summed E-state index contributed by atoms with van der Waals surface area (Å²) in [5.74, 6) is -0.386. The van der Waals surface area contributed by atoms with Crippen molar-refractivity contribution in [1.29, 1.82) is 5.41 Å². The van der Waals surface area contributed by atoms with Gasteiger partial charge in [-0.3, -0.25) is 5.41 Å². The van der Waals surface area contributed by atoms with E-state index in [9.17, 15) is 8.78 Å². The van der Waals surface area contributed by atoms with Crippen molar-refractivity contribution >= 4 is 25.9 Å². The molecule has 2 aromatic carbocycles. The molecule has 4 rings (SSSR count). The number of ether oxygens (including phenoxy) is 2. The Kier molecular flexibility index (Phi) is 13.1. The van der Waals surface area contributed by atoms with Gasteiger partial charge in [-0.05, 0) is 31.7 Å². The minimum atomic E-state index is -0.522. The van der Waals surface area contributed by atoms with E-state index in [1.807, 2.05) is 45.0 Å². The van der Waals surface area contributed by atoms with Crippen molar-refractivity contribution in [3.63, 3.8) is 0 Å². The van der Waals surface area contributed by atoms with Crippen LogP contribution in [0.5, 0.6) is 5.75 Å². The van der Waals surface area contributed by atoms with Crippen LogP contribution in [0.3, 0.4) is 0 Å². The molecule has 0 saturated carbocycles. The fraction of sp³-hybridized carbons (Fsp3) is 0.393. The predicted molar refractivity (Wildman–Crippen MR) is 149 cm³/mol. The molecule has 0 bridgehead atoms. The van der Waals surface area contributed by atoms with E-state index in [2.05, 4.69) is 16.6 Å². The van der Waals surface area contributed by atoms with Crippen LogP contribution in [0.2, 0.25) is 5.15 Å². The fourth-order valence-electron chi connectivity index (χ4n) is 3.55. The van der Waals surface area contributed by atoms with Gasteiger partial charge in [0.25, 0.3) is 0 Å². The molecule has 1 unspecified atom stereocenters. The first-order valence-electron chi connectivity index (χ1n) is 12.4. The highest BCUT2D eigenvalue weighted by Gasteiger charge is 2.20. The topological polar surface area (TPSA) is 68.1 Å². The van der Waals surface area contributed by atoms with Gasteiger partial charge in [-0.15, -0.1) is 8.58 Å². The third-order valence-corrected chi connectivity index (χ3v) is 6.52. The van der Waals surface area contributed by atoms with Gasteiger partial charge in [-0.1, -0.05) is 56.6 Å². The summed E-state index contributed by atoms with van der Waals surface area (Å²) in [6, 6.07) is 10.2. The van der Waals surface area contributed by atoms with E-state index in [0.717, 1.165) is 37.1 Å². The maximum Gasteiger partial charge on any atom is 0.179 e. The molecule has 0 amide bonds. The summed E-state index contributed by atoms with van der Waals surface area (Å²) in [4.78, 5) is 8.75. The molecule has 0 saturated heterocycles. The van der Waals surface area contributed by atoms with E-state index in [1.165, 1.54) is 12.1 Å². The lowest BCUT2D eigenvalue weighted by atomic mass is 10.0. The highest BCUT2D eigenvalue weighted by Crippen LogP contribution is 2.24. The molecule has 1 aliphatic rings. The van der Waals surface area contributed by atoms with Gasteiger partial charge in [-0.25, -0.2) is 18.7 Å². The molecule has 0 spiro atoms. The smallest absolute Gasteiger partial charge is 0.179 e. The molecular weight excluding hydrogens is 515 g/mol. The van der Waals surface area contributed by atoms with Crippen LogP contribution in [0.15, 0.2) is 36.4 Å². The van der Waals surface area contributed by atoms with E-state index in [0.29, 0.717) is 49.4 Å². The van der Waals surface area contributed by atoms with Crippen LogP contribution in [0.4, 0.5) is 8.78 Å². The number of aromatic nitrogens is 2. The van der Waals surface area contributed by atoms with Crippen LogP contribution >= 0.6 is 20.2 Å². The standard InChI is InChI=1S/C15H14ClN3O.C11H15F2OP.C2H6/c1-9-4-2-3-5-10(9)13(17)15-18-12-6-7-20-8-11(12)14(16)19-15;1-3-9-10(12)6-8(7-11(9)13)14-4-5-15-2;1-2/h2-5,17H,6-8H2,1H3;6-7,15H,3-5H2,1-2H3;1-2H3. The zero-order valence-corrected chi connectivity index (χ0v) is 23.8. The van der Waals surface area contributed by atoms with Crippen molar-refractivity contribution in [2.24, 2.45) is 0 Å². The molecule has 5 nitrogen and oxygen atoms in total. The average molecular weight is 550 g/mol. The SMILES string of the molecule is CC.CCc1c(F)cc(OCCPC)cc1F.Cc1ccccc1C(=N)c1nc(Cl)c2c(n1)CCOC2. The summed E-state index contributed by atoms with van der Waals surface area (Å²) < 4.78 is 37.2. The van der Waals surface area contributed by atoms with Crippen LogP contribution in [0.1, 0.15) is 54.5 Å². The Morgan fingerprint density at radius 1 is 1.16 bits per heavy atom. The molecule has 1 atom stereocenters. The summed E-state index contributed by atoms with van der Waals surface area (Å²) >= 11 is 6.19. The number of hydrogen-bond donors (Lipinski definition) is 1. The van der Waals surface area contributed by atoms with Crippen LogP contribution in [-0.2, 0) is 24.2 Å². The molecule has 2 heterocycles. The lowest BCUT2D eigenvalue weighted by molar-refractivity contribution is 0.109. The number of halogens is 3. The van der Waals surface area contributed by atoms with Gasteiger partial charge in [-0.2, -0.15) is 0 Å². The minimum Gasteiger partial charge on any atom is -0.493 e. The summed E-state index contributed by atoms with van der Waals surface area (Å²) in [6.07, 6.45) is 1.98. The van der Waals surface area contributed by atoms with Crippen molar-refractivity contribution in [3.05, 3.63) is 87.0 Å². The maximum absolute atomic E-state index is 13.3. The molecule has 9 heteroatoms. The summed E-state index contributed by atoms with van der Waals surface area (Å²) in [6.45, 7) is 11.4. The maximum atomic E-state index is 13.3. The van der Waals surface area contributed by atoms with Gasteiger partial charge in [0.1, 0.15) is 28.2 Å². The molecular formula is C28H35ClF2N3O2P. The Balaban J connectivity index is 0.000000254. The highest BCUT2D eigenvalue weighted by molar-refractivity contribution is 7.37. The number of rotatable bonds is 7. The van der Waals surface area contributed by atoms with E-state index >= 15 is 0 Å². The van der Waals surface area contributed by atoms with Crippen molar-refractivity contribution in [3.8, 4) is 5.75 Å². The molecule has 0 aliphatic carbocycles. The van der Waals surface area contributed by atoms with E-state index in [-0.39, 0.29) is 11.3 Å². The Labute approximate surface area is 225 Å². The second kappa shape index (κ2) is 15.7. The summed E-state index contributed by atoms with van der Waals surface area (Å²) in [7, 11) is 0.789. The third-order valence-electron chi connectivity index (χ3n) is 5.50. The Bertz CT molecular complexity index is 1170. The van der Waals surface area contributed by atoms with Gasteiger partial charge in [0.15, 0.2) is 5.82 Å². The van der Waals surface area contributed by atoms with Crippen molar-refractivity contribution in [2.75, 3.05) is 26.0 Å². The molecule has 0 radical (unpaired) electrons. The quantitative estimate of drug-likeness (QED) is 0.147. The molecule has 37 heavy (non-hydrogen) atoms. The van der Waals surface area contributed by atoms with Gasteiger partial charge < -0.3 is 9.47 Å². The zero-order valence-electron chi connectivity index (χ0n) is 22.1. The summed E-state index contributed by atoms with van der Waals surface area (Å²) in [5.41, 5.74) is 4.02. The Hall–Kier alpha value is -2.47. The Morgan fingerprint density at radius 3 is 2.46 bits per heavy atom. The number of nitrogens with one attached hydrogen (secondary N) is 1. The summed E-state index contributed by atoms with van der Waals surface area (Å²) in [5, 5.41) is 8.70. The minimum absolute atomic E-state index is 0.125. The normalized spacial score (nSPS) is 12.2. The van der Waals surface area contributed by atoms with E-state index in [4.69, 9.17) is 26.5 Å². The average Bonchev–Trinajstić information content (AvgIpc) is 2.90. The molecule has 3 aromatic rings. The first-order chi connectivity index (χ1) is 17.8. The number of nitrogens with zero attached hydrogens (tertiary/aromatic N) is 2. The number of hydrogen-bond acceptors (Lipinski definition) is 5. The lowest BCUT2D eigenvalue weighted by Crippen LogP contribution is -2.18. The Morgan fingerprint density at radius 2 is 1.84 bits per heavy atom. The number of aryl methyl sites for hydroxylation is 1.